The summed E-state index contributed by atoms with van der Waals surface area (Å²) in [4.78, 5) is 13.0. The van der Waals surface area contributed by atoms with Gasteiger partial charge in [-0.1, -0.05) is 72.3 Å². The Morgan fingerprint density at radius 3 is 2.38 bits per heavy atom. The molecule has 3 nitrogen and oxygen atoms in total. The molecule has 1 saturated heterocycles. The maximum absolute atomic E-state index is 13.0. The highest BCUT2D eigenvalue weighted by molar-refractivity contribution is 6.03. The molecule has 0 N–H and O–H groups in total. The molecule has 0 aromatic heterocycles. The van der Waals surface area contributed by atoms with Crippen molar-refractivity contribution in [3.63, 3.8) is 0 Å². The van der Waals surface area contributed by atoms with E-state index in [1.165, 1.54) is 0 Å². The molecule has 0 bridgehead atoms. The van der Waals surface area contributed by atoms with Gasteiger partial charge in [-0.3, -0.25) is 4.79 Å². The second-order valence-corrected chi connectivity index (χ2v) is 6.53. The molecular weight excluding hydrogens is 324 g/mol. The number of ether oxygens (including phenoxy) is 2. The van der Waals surface area contributed by atoms with Gasteiger partial charge in [-0.25, -0.2) is 0 Å². The molecule has 2 atom stereocenters. The molecule has 1 aliphatic heterocycles. The van der Waals surface area contributed by atoms with E-state index >= 15 is 0 Å². The number of carbonyl (C=O) groups is 1. The van der Waals surface area contributed by atoms with Crippen LogP contribution in [0.3, 0.4) is 0 Å². The fourth-order valence-corrected chi connectivity index (χ4v) is 3.06. The van der Waals surface area contributed by atoms with Crippen molar-refractivity contribution in [2.45, 2.75) is 25.7 Å². The molecule has 3 aromatic carbocycles. The molecule has 3 heteroatoms. The van der Waals surface area contributed by atoms with Crippen LogP contribution >= 0.6 is 0 Å². The van der Waals surface area contributed by atoms with Crippen molar-refractivity contribution in [3.8, 4) is 5.75 Å². The molecule has 0 radical (unpaired) electrons. The van der Waals surface area contributed by atoms with E-state index in [2.05, 4.69) is 0 Å². The average molecular weight is 344 g/mol. The van der Waals surface area contributed by atoms with Gasteiger partial charge in [0, 0.05) is 0 Å². The summed E-state index contributed by atoms with van der Waals surface area (Å²) in [5, 5.41) is 0. The third kappa shape index (κ3) is 3.53. The smallest absolute Gasteiger partial charge is 0.198 e. The van der Waals surface area contributed by atoms with E-state index in [0.717, 1.165) is 16.7 Å². The zero-order valence-corrected chi connectivity index (χ0v) is 14.6. The minimum Gasteiger partial charge on any atom is -0.488 e. The molecule has 1 aliphatic rings. The first-order valence-electron chi connectivity index (χ1n) is 8.74. The lowest BCUT2D eigenvalue weighted by atomic mass is 10.0. The summed E-state index contributed by atoms with van der Waals surface area (Å²) < 4.78 is 11.6. The number of hydrogen-bond acceptors (Lipinski definition) is 3. The number of aryl methyl sites for hydroxylation is 1. The summed E-state index contributed by atoms with van der Waals surface area (Å²) in [5.41, 5.74) is 3.71. The molecule has 1 fully saturated rings. The minimum atomic E-state index is -0.432. The van der Waals surface area contributed by atoms with Crippen molar-refractivity contribution in [1.29, 1.82) is 0 Å². The highest BCUT2D eigenvalue weighted by Gasteiger charge is 2.46. The minimum absolute atomic E-state index is 0.0226. The molecule has 0 saturated carbocycles. The van der Waals surface area contributed by atoms with Crippen molar-refractivity contribution < 1.29 is 14.3 Å². The van der Waals surface area contributed by atoms with E-state index in [4.69, 9.17) is 9.47 Å². The number of ketones is 1. The van der Waals surface area contributed by atoms with Crippen molar-refractivity contribution in [2.75, 3.05) is 0 Å². The van der Waals surface area contributed by atoms with E-state index in [1.807, 2.05) is 85.8 Å². The Morgan fingerprint density at radius 1 is 0.962 bits per heavy atom. The maximum Gasteiger partial charge on any atom is 0.198 e. The average Bonchev–Trinajstić information content (AvgIpc) is 3.49. The highest BCUT2D eigenvalue weighted by atomic mass is 16.6. The monoisotopic (exact) mass is 344 g/mol. The molecule has 0 amide bonds. The summed E-state index contributed by atoms with van der Waals surface area (Å²) >= 11 is 0. The Labute approximate surface area is 153 Å². The number of epoxide rings is 1. The van der Waals surface area contributed by atoms with E-state index in [1.54, 1.807) is 0 Å². The van der Waals surface area contributed by atoms with Crippen LogP contribution in [0.4, 0.5) is 0 Å². The summed E-state index contributed by atoms with van der Waals surface area (Å²) in [6.45, 7) is 2.40. The number of Topliss-reactive ketones (excluding diaryl/α,β-unsaturated/α-hetero) is 1. The lowest BCUT2D eigenvalue weighted by Gasteiger charge is -2.11. The van der Waals surface area contributed by atoms with Crippen LogP contribution in [0.25, 0.3) is 0 Å². The number of benzene rings is 3. The predicted molar refractivity (Wildman–Crippen MR) is 100 cm³/mol. The fraction of sp³-hybridized carbons (Fsp3) is 0.174. The summed E-state index contributed by atoms with van der Waals surface area (Å²) in [6, 6.07) is 25.5. The Kier molecular flexibility index (Phi) is 4.55. The summed E-state index contributed by atoms with van der Waals surface area (Å²) in [6.07, 6.45) is -0.593. The van der Waals surface area contributed by atoms with Crippen molar-refractivity contribution in [2.24, 2.45) is 0 Å². The highest BCUT2D eigenvalue weighted by Crippen LogP contribution is 2.41. The van der Waals surface area contributed by atoms with Crippen LogP contribution in [0.15, 0.2) is 78.9 Å². The maximum atomic E-state index is 13.0. The van der Waals surface area contributed by atoms with Gasteiger partial charge in [0.25, 0.3) is 0 Å². The molecule has 0 unspecified atom stereocenters. The second kappa shape index (κ2) is 7.14. The number of rotatable bonds is 6. The van der Waals surface area contributed by atoms with Gasteiger partial charge in [0.1, 0.15) is 18.5 Å². The summed E-state index contributed by atoms with van der Waals surface area (Å²) in [7, 11) is 0. The van der Waals surface area contributed by atoms with Gasteiger partial charge >= 0.3 is 0 Å². The van der Waals surface area contributed by atoms with E-state index in [-0.39, 0.29) is 11.9 Å². The summed E-state index contributed by atoms with van der Waals surface area (Å²) in [5.74, 6) is 0.581. The lowest BCUT2D eigenvalue weighted by molar-refractivity contribution is 0.0949. The molecule has 26 heavy (non-hydrogen) atoms. The van der Waals surface area contributed by atoms with Crippen LogP contribution in [-0.2, 0) is 11.3 Å². The van der Waals surface area contributed by atoms with Gasteiger partial charge in [-0.05, 0) is 30.2 Å². The largest absolute Gasteiger partial charge is 0.488 e. The molecule has 3 aromatic rings. The molecule has 4 rings (SSSR count). The number of hydrogen-bond donors (Lipinski definition) is 0. The van der Waals surface area contributed by atoms with Gasteiger partial charge in [0.05, 0.1) is 5.56 Å². The SMILES string of the molecule is Cc1ccc(OCc2ccccc2)c(C(=O)[C@H]2O[C@H]2c2ccccc2)c1. The van der Waals surface area contributed by atoms with Crippen molar-refractivity contribution >= 4 is 5.78 Å². The van der Waals surface area contributed by atoms with Crippen LogP contribution in [0.1, 0.15) is 33.2 Å². The molecule has 0 aliphatic carbocycles. The third-order valence-electron chi connectivity index (χ3n) is 4.52. The number of carbonyl (C=O) groups excluding carboxylic acids is 1. The van der Waals surface area contributed by atoms with Crippen molar-refractivity contribution in [3.05, 3.63) is 101 Å². The van der Waals surface area contributed by atoms with E-state index in [9.17, 15) is 4.79 Å². The van der Waals surface area contributed by atoms with Gasteiger partial charge in [-0.15, -0.1) is 0 Å². The molecule has 0 spiro atoms. The normalized spacial score (nSPS) is 18.3. The van der Waals surface area contributed by atoms with E-state index in [0.29, 0.717) is 17.9 Å². The van der Waals surface area contributed by atoms with Gasteiger partial charge in [0.15, 0.2) is 11.9 Å². The van der Waals surface area contributed by atoms with Crippen LogP contribution in [-0.4, -0.2) is 11.9 Å². The second-order valence-electron chi connectivity index (χ2n) is 6.53. The zero-order valence-electron chi connectivity index (χ0n) is 14.6. The van der Waals surface area contributed by atoms with Gasteiger partial charge in [-0.2, -0.15) is 0 Å². The first-order valence-corrected chi connectivity index (χ1v) is 8.74. The van der Waals surface area contributed by atoms with Gasteiger partial charge < -0.3 is 9.47 Å². The Morgan fingerprint density at radius 2 is 1.65 bits per heavy atom. The quantitative estimate of drug-likeness (QED) is 0.472. The Hall–Kier alpha value is -2.91. The Bertz CT molecular complexity index is 903. The van der Waals surface area contributed by atoms with Crippen LogP contribution in [0.5, 0.6) is 5.75 Å². The van der Waals surface area contributed by atoms with Gasteiger partial charge in [0.2, 0.25) is 0 Å². The lowest BCUT2D eigenvalue weighted by Crippen LogP contribution is -2.11. The molecule has 130 valence electrons. The predicted octanol–water partition coefficient (Wildman–Crippen LogP) is 4.90. The third-order valence-corrected chi connectivity index (χ3v) is 4.52. The van der Waals surface area contributed by atoms with Crippen LogP contribution in [0.2, 0.25) is 0 Å². The zero-order chi connectivity index (χ0) is 17.9. The van der Waals surface area contributed by atoms with Crippen molar-refractivity contribution in [1.82, 2.24) is 0 Å². The molecular formula is C23H20O3. The standard InChI is InChI=1S/C23H20O3/c1-16-12-13-20(25-15-17-8-4-2-5-9-17)19(14-16)21(24)23-22(26-23)18-10-6-3-7-11-18/h2-14,22-23H,15H2,1H3/t22-,23+/m0/s1. The first kappa shape index (κ1) is 16.6. The molecule has 1 heterocycles. The fourth-order valence-electron chi connectivity index (χ4n) is 3.06. The van der Waals surface area contributed by atoms with Crippen LogP contribution < -0.4 is 4.74 Å². The van der Waals surface area contributed by atoms with E-state index < -0.39 is 6.10 Å². The topological polar surface area (TPSA) is 38.8 Å². The first-order chi connectivity index (χ1) is 12.7. The Balaban J connectivity index is 1.52. The van der Waals surface area contributed by atoms with Crippen LogP contribution in [0, 0.1) is 6.92 Å².